The summed E-state index contributed by atoms with van der Waals surface area (Å²) in [5, 5.41) is 8.15. The Bertz CT molecular complexity index is 2070. The maximum absolute atomic E-state index is 13.3. The summed E-state index contributed by atoms with van der Waals surface area (Å²) in [5.74, 6) is -0.122. The van der Waals surface area contributed by atoms with Crippen LogP contribution in [0.15, 0.2) is 104 Å². The Labute approximate surface area is 278 Å². The maximum Gasteiger partial charge on any atom is 0.314 e. The Kier molecular flexibility index (Phi) is 11.4. The van der Waals surface area contributed by atoms with Crippen molar-refractivity contribution in [2.75, 3.05) is 20.0 Å². The molecule has 3 aromatic carbocycles. The Morgan fingerprint density at radius 3 is 1.74 bits per heavy atom. The van der Waals surface area contributed by atoms with Crippen LogP contribution in [0, 0.1) is 17.6 Å². The number of halogens is 3. The van der Waals surface area contributed by atoms with E-state index in [1.807, 2.05) is 0 Å². The highest BCUT2D eigenvalue weighted by Gasteiger charge is 2.17. The second-order valence-corrected chi connectivity index (χ2v) is 13.5. The van der Waals surface area contributed by atoms with E-state index in [2.05, 4.69) is 40.0 Å². The van der Waals surface area contributed by atoms with Crippen molar-refractivity contribution >= 4 is 25.8 Å². The lowest BCUT2D eigenvalue weighted by Crippen LogP contribution is -2.24. The summed E-state index contributed by atoms with van der Waals surface area (Å²) in [5.41, 5.74) is 1.07. The van der Waals surface area contributed by atoms with Gasteiger partial charge in [-0.15, -0.1) is 0 Å². The van der Waals surface area contributed by atoms with Gasteiger partial charge in [0, 0.05) is 11.8 Å². The van der Waals surface area contributed by atoms with E-state index in [0.29, 0.717) is 39.5 Å². The second kappa shape index (κ2) is 15.3. The van der Waals surface area contributed by atoms with Crippen LogP contribution in [0.5, 0.6) is 11.5 Å². The molecule has 14 heteroatoms. The molecule has 0 aliphatic rings. The van der Waals surface area contributed by atoms with Gasteiger partial charge in [-0.2, -0.15) is 19.6 Å². The van der Waals surface area contributed by atoms with Gasteiger partial charge in [0.15, 0.2) is 15.6 Å². The van der Waals surface area contributed by atoms with Gasteiger partial charge in [0.2, 0.25) is 5.75 Å². The van der Waals surface area contributed by atoms with E-state index in [0.717, 1.165) is 22.0 Å². The molecule has 0 unspecified atom stereocenters. The van der Waals surface area contributed by atoms with Crippen LogP contribution in [0.2, 0.25) is 0 Å². The minimum atomic E-state index is -3.33. The lowest BCUT2D eigenvalue weighted by atomic mass is 10.1. The molecule has 2 heterocycles. The number of hydrogen-bond acceptors (Lipinski definition) is 8. The molecule has 5 aromatic rings. The van der Waals surface area contributed by atoms with Crippen molar-refractivity contribution in [1.29, 1.82) is 0 Å². The number of methoxy groups -OCH3 is 1. The molecular formula is C33H31BrF2N4O6S. The second-order valence-electron chi connectivity index (χ2n) is 10.6. The highest BCUT2D eigenvalue weighted by molar-refractivity contribution is 9.10. The summed E-state index contributed by atoms with van der Waals surface area (Å²) in [7, 11) is -1.93. The summed E-state index contributed by atoms with van der Waals surface area (Å²) in [6.45, 7) is 4.45. The van der Waals surface area contributed by atoms with Crippen LogP contribution in [-0.4, -0.2) is 48.0 Å². The summed E-state index contributed by atoms with van der Waals surface area (Å²) in [6.07, 6.45) is 4.83. The van der Waals surface area contributed by atoms with Gasteiger partial charge in [0.1, 0.15) is 11.6 Å². The summed E-state index contributed by atoms with van der Waals surface area (Å²) in [6, 6.07) is 17.1. The fourth-order valence-corrected chi connectivity index (χ4v) is 5.25. The topological polar surface area (TPSA) is 122 Å². The first-order valence-electron chi connectivity index (χ1n) is 14.2. The van der Waals surface area contributed by atoms with E-state index < -0.39 is 26.8 Å². The van der Waals surface area contributed by atoms with Crippen LogP contribution < -0.4 is 20.6 Å². The number of nitrogens with zero attached hydrogens (tertiary/aromatic N) is 4. The SMILES string of the molecule is CC(C)CCOc1c(-c2ccc(S(C)(=O)=O)cc2)cnn(-c2ccc(F)cc2)c1=O.COc1c(Br)cnn(-c2ccc(F)cc2)c1=O. The minimum absolute atomic E-state index is 0.113. The van der Waals surface area contributed by atoms with Crippen LogP contribution >= 0.6 is 15.9 Å². The fourth-order valence-electron chi connectivity index (χ4n) is 4.20. The van der Waals surface area contributed by atoms with Crippen molar-refractivity contribution < 1.29 is 26.7 Å². The van der Waals surface area contributed by atoms with Gasteiger partial charge >= 0.3 is 11.1 Å². The smallest absolute Gasteiger partial charge is 0.314 e. The monoisotopic (exact) mass is 728 g/mol. The third-order valence-electron chi connectivity index (χ3n) is 6.71. The van der Waals surface area contributed by atoms with Crippen molar-refractivity contribution in [1.82, 2.24) is 19.6 Å². The highest BCUT2D eigenvalue weighted by Crippen LogP contribution is 2.28. The van der Waals surface area contributed by atoms with Crippen molar-refractivity contribution in [3.63, 3.8) is 0 Å². The average molecular weight is 730 g/mol. The Hall–Kier alpha value is -4.69. The van der Waals surface area contributed by atoms with Gasteiger partial charge < -0.3 is 9.47 Å². The van der Waals surface area contributed by atoms with Gasteiger partial charge in [-0.3, -0.25) is 9.59 Å². The lowest BCUT2D eigenvalue weighted by molar-refractivity contribution is 0.285. The van der Waals surface area contributed by atoms with Crippen LogP contribution in [-0.2, 0) is 9.84 Å². The van der Waals surface area contributed by atoms with Crippen LogP contribution in [0.4, 0.5) is 8.78 Å². The molecule has 0 saturated heterocycles. The van der Waals surface area contributed by atoms with Gasteiger partial charge in [-0.05, 0) is 94.5 Å². The van der Waals surface area contributed by atoms with Gasteiger partial charge in [0.05, 0.1) is 46.9 Å². The lowest BCUT2D eigenvalue weighted by Gasteiger charge is -2.14. The van der Waals surface area contributed by atoms with Crippen molar-refractivity contribution in [2.45, 2.75) is 25.2 Å². The minimum Gasteiger partial charge on any atom is -0.490 e. The summed E-state index contributed by atoms with van der Waals surface area (Å²) in [4.78, 5) is 25.3. The normalized spacial score (nSPS) is 11.1. The number of sulfone groups is 1. The van der Waals surface area contributed by atoms with Crippen molar-refractivity contribution in [3.05, 3.63) is 122 Å². The molecule has 0 aliphatic carbocycles. The van der Waals surface area contributed by atoms with E-state index >= 15 is 0 Å². The van der Waals surface area contributed by atoms with Crippen molar-refractivity contribution in [3.8, 4) is 34.0 Å². The third kappa shape index (κ3) is 8.77. The molecule has 0 atom stereocenters. The van der Waals surface area contributed by atoms with E-state index in [-0.39, 0.29) is 22.2 Å². The molecule has 10 nitrogen and oxygen atoms in total. The predicted molar refractivity (Wildman–Crippen MR) is 177 cm³/mol. The van der Waals surface area contributed by atoms with Gasteiger partial charge in [0.25, 0.3) is 0 Å². The maximum atomic E-state index is 13.3. The summed E-state index contributed by atoms with van der Waals surface area (Å²) >= 11 is 3.16. The van der Waals surface area contributed by atoms with E-state index in [1.165, 1.54) is 80.2 Å². The highest BCUT2D eigenvalue weighted by atomic mass is 79.9. The zero-order chi connectivity index (χ0) is 34.3. The molecule has 0 N–H and O–H groups in total. The molecule has 0 spiro atoms. The number of benzene rings is 3. The molecular weight excluding hydrogens is 698 g/mol. The zero-order valence-electron chi connectivity index (χ0n) is 25.9. The van der Waals surface area contributed by atoms with Crippen LogP contribution in [0.1, 0.15) is 20.3 Å². The fraction of sp³-hybridized carbons (Fsp3) is 0.212. The Morgan fingerprint density at radius 2 is 1.28 bits per heavy atom. The molecule has 5 rings (SSSR count). The first-order chi connectivity index (χ1) is 22.3. The third-order valence-corrected chi connectivity index (χ3v) is 8.40. The quantitative estimate of drug-likeness (QED) is 0.181. The van der Waals surface area contributed by atoms with Gasteiger partial charge in [-0.25, -0.2) is 17.2 Å². The van der Waals surface area contributed by atoms with E-state index in [4.69, 9.17) is 9.47 Å². The number of hydrogen-bond donors (Lipinski definition) is 0. The largest absolute Gasteiger partial charge is 0.490 e. The van der Waals surface area contributed by atoms with Gasteiger partial charge in [-0.1, -0.05) is 26.0 Å². The molecule has 246 valence electrons. The van der Waals surface area contributed by atoms with E-state index in [1.54, 1.807) is 12.1 Å². The molecule has 0 aliphatic heterocycles. The molecule has 0 radical (unpaired) electrons. The predicted octanol–water partition coefficient (Wildman–Crippen LogP) is 6.01. The number of rotatable bonds is 9. The first-order valence-corrected chi connectivity index (χ1v) is 16.9. The average Bonchev–Trinajstić information content (AvgIpc) is 3.03. The summed E-state index contributed by atoms with van der Waals surface area (Å²) < 4.78 is 63.0. The molecule has 0 amide bonds. The van der Waals surface area contributed by atoms with Crippen LogP contribution in [0.3, 0.4) is 0 Å². The molecule has 0 fully saturated rings. The molecule has 47 heavy (non-hydrogen) atoms. The molecule has 2 aromatic heterocycles. The molecule has 0 bridgehead atoms. The van der Waals surface area contributed by atoms with Crippen molar-refractivity contribution in [2.24, 2.45) is 5.92 Å². The zero-order valence-corrected chi connectivity index (χ0v) is 28.3. The Balaban J connectivity index is 0.000000248. The standard InChI is InChI=1S/C22H23FN2O4S.C11H8BrFN2O2/c1-15(2)12-13-29-21-20(16-4-10-19(11-5-16)30(3,27)28)14-24-25(22(21)26)18-8-6-17(23)7-9-18;1-17-10-9(12)6-14-15(11(10)16)8-4-2-7(13)3-5-8/h4-11,14-15H,12-13H2,1-3H3;2-6H,1H3. The van der Waals surface area contributed by atoms with E-state index in [9.17, 15) is 26.8 Å². The van der Waals surface area contributed by atoms with Crippen LogP contribution in [0.25, 0.3) is 22.5 Å². The number of ether oxygens (including phenoxy) is 2. The number of aromatic nitrogens is 4. The first kappa shape index (κ1) is 35.2. The Morgan fingerprint density at radius 1 is 0.787 bits per heavy atom. The molecule has 0 saturated carbocycles.